The van der Waals surface area contributed by atoms with Gasteiger partial charge in [-0.3, -0.25) is 0 Å². The molecular weight excluding hydrogens is 290 g/mol. The van der Waals surface area contributed by atoms with Crippen molar-refractivity contribution in [1.29, 1.82) is 0 Å². The Bertz CT molecular complexity index is 332. The fourth-order valence-corrected chi connectivity index (χ4v) is 1.52. The van der Waals surface area contributed by atoms with Crippen molar-refractivity contribution in [2.45, 2.75) is 52.6 Å². The molecule has 2 rings (SSSR count). The first-order valence-electron chi connectivity index (χ1n) is 6.78. The van der Waals surface area contributed by atoms with Crippen LogP contribution in [-0.4, -0.2) is 19.1 Å². The molecule has 0 spiro atoms. The van der Waals surface area contributed by atoms with Gasteiger partial charge in [-0.2, -0.15) is 0 Å². The van der Waals surface area contributed by atoms with Crippen molar-refractivity contribution in [3.63, 3.8) is 0 Å². The standard InChI is InChI=1S/2C7H12N2.Zn/c2*1-2-3-5-9-6-4-8-7-9;/h2*4,6-7H,2-3,5H2,1H3;. The van der Waals surface area contributed by atoms with Crippen LogP contribution in [0, 0.1) is 0 Å². The van der Waals surface area contributed by atoms with Crippen molar-refractivity contribution in [2.75, 3.05) is 0 Å². The fraction of sp³-hybridized carbons (Fsp3) is 0.571. The first-order valence-corrected chi connectivity index (χ1v) is 6.78. The van der Waals surface area contributed by atoms with Gasteiger partial charge in [-0.25, -0.2) is 9.97 Å². The van der Waals surface area contributed by atoms with Gasteiger partial charge < -0.3 is 9.13 Å². The summed E-state index contributed by atoms with van der Waals surface area (Å²) in [5.41, 5.74) is 0. The number of imidazole rings is 2. The van der Waals surface area contributed by atoms with E-state index in [4.69, 9.17) is 0 Å². The first kappa shape index (κ1) is 18.0. The molecule has 4 nitrogen and oxygen atoms in total. The van der Waals surface area contributed by atoms with Gasteiger partial charge in [0.2, 0.25) is 0 Å². The number of aromatic nitrogens is 4. The van der Waals surface area contributed by atoms with Gasteiger partial charge in [-0.15, -0.1) is 0 Å². The molecule has 0 N–H and O–H groups in total. The summed E-state index contributed by atoms with van der Waals surface area (Å²) in [7, 11) is 0. The summed E-state index contributed by atoms with van der Waals surface area (Å²) in [6, 6.07) is 0. The average molecular weight is 314 g/mol. The van der Waals surface area contributed by atoms with Crippen LogP contribution in [0.5, 0.6) is 0 Å². The molecule has 0 amide bonds. The molecule has 0 radical (unpaired) electrons. The molecule has 2 heterocycles. The summed E-state index contributed by atoms with van der Waals surface area (Å²) in [5, 5.41) is 0. The van der Waals surface area contributed by atoms with Gasteiger partial charge in [-0.05, 0) is 12.8 Å². The number of unbranched alkanes of at least 4 members (excludes halogenated alkanes) is 2. The Morgan fingerprint density at radius 2 is 1.21 bits per heavy atom. The van der Waals surface area contributed by atoms with Crippen molar-refractivity contribution in [2.24, 2.45) is 0 Å². The Morgan fingerprint density at radius 3 is 1.47 bits per heavy atom. The topological polar surface area (TPSA) is 35.6 Å². The van der Waals surface area contributed by atoms with Gasteiger partial charge in [0, 0.05) is 57.4 Å². The Morgan fingerprint density at radius 1 is 0.789 bits per heavy atom. The zero-order chi connectivity index (χ0) is 13.1. The van der Waals surface area contributed by atoms with Gasteiger partial charge >= 0.3 is 0 Å². The minimum atomic E-state index is 0. The molecule has 102 valence electrons. The third-order valence-electron chi connectivity index (χ3n) is 2.66. The number of hydrogen-bond donors (Lipinski definition) is 0. The second-order valence-electron chi connectivity index (χ2n) is 4.31. The number of rotatable bonds is 6. The Balaban J connectivity index is 0.000000324. The number of nitrogens with zero attached hydrogens (tertiary/aromatic N) is 4. The third-order valence-corrected chi connectivity index (χ3v) is 2.66. The van der Waals surface area contributed by atoms with Crippen molar-refractivity contribution >= 4 is 0 Å². The maximum atomic E-state index is 3.94. The number of aryl methyl sites for hydroxylation is 2. The van der Waals surface area contributed by atoms with Crippen LogP contribution in [0.4, 0.5) is 0 Å². The Labute approximate surface area is 129 Å². The SMILES string of the molecule is CCCCn1ccnc1.CCCCn1ccnc1.[Zn]. The smallest absolute Gasteiger partial charge is 0.0945 e. The molecular formula is C14H24N4Zn. The average Bonchev–Trinajstić information content (AvgIpc) is 3.07. The maximum Gasteiger partial charge on any atom is 0.0945 e. The molecule has 0 saturated carbocycles. The summed E-state index contributed by atoms with van der Waals surface area (Å²) in [4.78, 5) is 7.88. The maximum absolute atomic E-state index is 3.94. The predicted octanol–water partition coefficient (Wildman–Crippen LogP) is 3.36. The predicted molar refractivity (Wildman–Crippen MR) is 74.3 cm³/mol. The summed E-state index contributed by atoms with van der Waals surface area (Å²) < 4.78 is 4.20. The van der Waals surface area contributed by atoms with Crippen LogP contribution in [-0.2, 0) is 32.6 Å². The summed E-state index contributed by atoms with van der Waals surface area (Å²) in [6.45, 7) is 6.60. The third kappa shape index (κ3) is 8.71. The molecule has 0 saturated heterocycles. The molecule has 0 aliphatic carbocycles. The van der Waals surface area contributed by atoms with Crippen LogP contribution in [0.2, 0.25) is 0 Å². The van der Waals surface area contributed by atoms with E-state index < -0.39 is 0 Å². The Hall–Kier alpha value is -0.957. The van der Waals surface area contributed by atoms with Crippen LogP contribution < -0.4 is 0 Å². The molecule has 0 bridgehead atoms. The zero-order valence-electron chi connectivity index (χ0n) is 12.2. The fourth-order valence-electron chi connectivity index (χ4n) is 1.52. The monoisotopic (exact) mass is 312 g/mol. The summed E-state index contributed by atoms with van der Waals surface area (Å²) >= 11 is 0. The first-order chi connectivity index (χ1) is 8.86. The molecule has 0 atom stereocenters. The van der Waals surface area contributed by atoms with Crippen LogP contribution in [0.1, 0.15) is 39.5 Å². The van der Waals surface area contributed by atoms with E-state index >= 15 is 0 Å². The van der Waals surface area contributed by atoms with Crippen molar-refractivity contribution in [3.05, 3.63) is 37.4 Å². The molecule has 0 aromatic carbocycles. The van der Waals surface area contributed by atoms with Gasteiger partial charge in [0.1, 0.15) is 0 Å². The van der Waals surface area contributed by atoms with Crippen LogP contribution in [0.15, 0.2) is 37.4 Å². The van der Waals surface area contributed by atoms with Crippen molar-refractivity contribution < 1.29 is 19.5 Å². The van der Waals surface area contributed by atoms with Crippen molar-refractivity contribution in [3.8, 4) is 0 Å². The van der Waals surface area contributed by atoms with E-state index in [1.165, 1.54) is 25.7 Å². The minimum Gasteiger partial charge on any atom is -0.337 e. The zero-order valence-corrected chi connectivity index (χ0v) is 15.2. The van der Waals surface area contributed by atoms with Crippen molar-refractivity contribution in [1.82, 2.24) is 19.1 Å². The normalized spacial score (nSPS) is 9.37. The van der Waals surface area contributed by atoms with E-state index in [-0.39, 0.29) is 19.5 Å². The molecule has 0 fully saturated rings. The van der Waals surface area contributed by atoms with E-state index in [1.54, 1.807) is 0 Å². The second-order valence-corrected chi connectivity index (χ2v) is 4.31. The molecule has 2 aromatic heterocycles. The number of hydrogen-bond acceptors (Lipinski definition) is 2. The van der Waals surface area contributed by atoms with Crippen LogP contribution in [0.25, 0.3) is 0 Å². The minimum absolute atomic E-state index is 0. The van der Waals surface area contributed by atoms with E-state index in [9.17, 15) is 0 Å². The van der Waals surface area contributed by atoms with E-state index in [0.717, 1.165) is 13.1 Å². The van der Waals surface area contributed by atoms with Gasteiger partial charge in [0.05, 0.1) is 12.7 Å². The molecule has 19 heavy (non-hydrogen) atoms. The molecule has 5 heteroatoms. The quantitative estimate of drug-likeness (QED) is 0.767. The largest absolute Gasteiger partial charge is 0.337 e. The van der Waals surface area contributed by atoms with E-state index in [1.807, 2.05) is 37.4 Å². The molecule has 0 aliphatic rings. The Kier molecular flexibility index (Phi) is 11.5. The van der Waals surface area contributed by atoms with Gasteiger partial charge in [0.25, 0.3) is 0 Å². The summed E-state index contributed by atoms with van der Waals surface area (Å²) in [5.74, 6) is 0. The molecule has 0 aliphatic heterocycles. The van der Waals surface area contributed by atoms with Gasteiger partial charge in [0.15, 0.2) is 0 Å². The second kappa shape index (κ2) is 12.1. The summed E-state index contributed by atoms with van der Waals surface area (Å²) in [6.07, 6.45) is 16.3. The van der Waals surface area contributed by atoms with Crippen LogP contribution >= 0.6 is 0 Å². The van der Waals surface area contributed by atoms with Gasteiger partial charge in [-0.1, -0.05) is 26.7 Å². The van der Waals surface area contributed by atoms with E-state index in [0.29, 0.717) is 0 Å². The molecule has 0 unspecified atom stereocenters. The molecule has 2 aromatic rings. The van der Waals surface area contributed by atoms with E-state index in [2.05, 4.69) is 32.9 Å². The van der Waals surface area contributed by atoms with Crippen LogP contribution in [0.3, 0.4) is 0 Å².